The molecule has 1 aromatic carbocycles. The number of halogens is 2. The number of aliphatic hydroxyl groups is 1. The maximum atomic E-state index is 14.4. The lowest BCUT2D eigenvalue weighted by atomic mass is 9.94. The molecule has 0 bridgehead atoms. The van der Waals surface area contributed by atoms with Gasteiger partial charge in [-0.15, -0.1) is 0 Å². The number of piperidine rings is 1. The lowest BCUT2D eigenvalue weighted by molar-refractivity contribution is 0.244. The number of benzene rings is 1. The fraction of sp³-hybridized carbons (Fsp3) is 0.500. The minimum Gasteiger partial charge on any atom is -0.396 e. The summed E-state index contributed by atoms with van der Waals surface area (Å²) < 4.78 is 14.7. The van der Waals surface area contributed by atoms with Crippen molar-refractivity contribution in [3.63, 3.8) is 0 Å². The van der Waals surface area contributed by atoms with Gasteiger partial charge < -0.3 is 15.7 Å². The molecule has 0 radical (unpaired) electrons. The standard InChI is InChI=1S/C14H19BrFN3O/c15-12-10(14(17)18)3-4-11(13(12)16)19-6-1-2-9(8-19)5-7-20/h3-4,9,20H,1-2,5-8H2,(H3,17,18). The van der Waals surface area contributed by atoms with Crippen LogP contribution in [0.3, 0.4) is 0 Å². The quantitative estimate of drug-likeness (QED) is 0.580. The van der Waals surface area contributed by atoms with Crippen LogP contribution in [0, 0.1) is 17.1 Å². The number of aliphatic hydroxyl groups excluding tert-OH is 1. The molecule has 1 unspecified atom stereocenters. The molecule has 0 aliphatic carbocycles. The molecular formula is C14H19BrFN3O. The van der Waals surface area contributed by atoms with E-state index in [2.05, 4.69) is 15.9 Å². The number of anilines is 1. The Hall–Kier alpha value is -1.14. The van der Waals surface area contributed by atoms with Gasteiger partial charge in [-0.05, 0) is 53.2 Å². The Balaban J connectivity index is 2.24. The molecule has 1 aliphatic heterocycles. The zero-order chi connectivity index (χ0) is 14.7. The molecule has 4 nitrogen and oxygen atoms in total. The van der Waals surface area contributed by atoms with Gasteiger partial charge in [0.15, 0.2) is 5.82 Å². The number of rotatable bonds is 4. The topological polar surface area (TPSA) is 73.3 Å². The first-order chi connectivity index (χ1) is 9.54. The Labute approximate surface area is 126 Å². The van der Waals surface area contributed by atoms with Gasteiger partial charge >= 0.3 is 0 Å². The molecule has 2 rings (SSSR count). The van der Waals surface area contributed by atoms with Crippen LogP contribution >= 0.6 is 15.9 Å². The summed E-state index contributed by atoms with van der Waals surface area (Å²) in [6.07, 6.45) is 2.83. The molecular weight excluding hydrogens is 325 g/mol. The highest BCUT2D eigenvalue weighted by molar-refractivity contribution is 9.10. The van der Waals surface area contributed by atoms with Crippen LogP contribution in [0.1, 0.15) is 24.8 Å². The number of nitrogens with zero attached hydrogens (tertiary/aromatic N) is 1. The van der Waals surface area contributed by atoms with Gasteiger partial charge in [0.25, 0.3) is 0 Å². The lowest BCUT2D eigenvalue weighted by Gasteiger charge is -2.34. The number of nitrogen functional groups attached to an aromatic ring is 1. The molecule has 6 heteroatoms. The second kappa shape index (κ2) is 6.54. The Kier molecular flexibility index (Phi) is 4.99. The largest absolute Gasteiger partial charge is 0.396 e. The van der Waals surface area contributed by atoms with Gasteiger partial charge in [-0.1, -0.05) is 0 Å². The third kappa shape index (κ3) is 3.12. The number of nitrogens with two attached hydrogens (primary N) is 1. The predicted molar refractivity (Wildman–Crippen MR) is 81.8 cm³/mol. The van der Waals surface area contributed by atoms with Gasteiger partial charge in [-0.3, -0.25) is 5.41 Å². The van der Waals surface area contributed by atoms with Crippen molar-refractivity contribution < 1.29 is 9.50 Å². The van der Waals surface area contributed by atoms with Crippen LogP contribution in [0.25, 0.3) is 0 Å². The summed E-state index contributed by atoms with van der Waals surface area (Å²) in [5.74, 6) is -0.124. The third-order valence-corrected chi connectivity index (χ3v) is 4.52. The van der Waals surface area contributed by atoms with E-state index in [1.165, 1.54) is 0 Å². The number of hydrogen-bond acceptors (Lipinski definition) is 3. The predicted octanol–water partition coefficient (Wildman–Crippen LogP) is 2.47. The van der Waals surface area contributed by atoms with Gasteiger partial charge in [0.2, 0.25) is 0 Å². The van der Waals surface area contributed by atoms with E-state index in [0.717, 1.165) is 32.4 Å². The van der Waals surface area contributed by atoms with Gasteiger partial charge in [0, 0.05) is 25.3 Å². The first-order valence-corrected chi connectivity index (χ1v) is 7.52. The van der Waals surface area contributed by atoms with E-state index in [1.807, 2.05) is 4.90 Å². The van der Waals surface area contributed by atoms with Gasteiger partial charge in [0.1, 0.15) is 5.84 Å². The van der Waals surface area contributed by atoms with Crippen molar-refractivity contribution in [3.05, 3.63) is 28.0 Å². The monoisotopic (exact) mass is 343 g/mol. The van der Waals surface area contributed by atoms with Crippen LogP contribution in [0.5, 0.6) is 0 Å². The van der Waals surface area contributed by atoms with Crippen LogP contribution in [-0.2, 0) is 0 Å². The molecule has 20 heavy (non-hydrogen) atoms. The number of amidine groups is 1. The van der Waals surface area contributed by atoms with E-state index in [9.17, 15) is 4.39 Å². The fourth-order valence-electron chi connectivity index (χ4n) is 2.69. The van der Waals surface area contributed by atoms with E-state index in [0.29, 0.717) is 17.2 Å². The molecule has 4 N–H and O–H groups in total. The Morgan fingerprint density at radius 3 is 2.95 bits per heavy atom. The van der Waals surface area contributed by atoms with Gasteiger partial charge in [0.05, 0.1) is 10.2 Å². The first-order valence-electron chi connectivity index (χ1n) is 6.72. The zero-order valence-corrected chi connectivity index (χ0v) is 12.8. The van der Waals surface area contributed by atoms with E-state index in [4.69, 9.17) is 16.2 Å². The molecule has 0 aromatic heterocycles. The molecule has 0 spiro atoms. The van der Waals surface area contributed by atoms with Gasteiger partial charge in [-0.25, -0.2) is 4.39 Å². The molecule has 1 saturated heterocycles. The average molecular weight is 344 g/mol. The maximum absolute atomic E-state index is 14.4. The fourth-order valence-corrected chi connectivity index (χ4v) is 3.24. The average Bonchev–Trinajstić information content (AvgIpc) is 2.42. The highest BCUT2D eigenvalue weighted by Gasteiger charge is 2.23. The van der Waals surface area contributed by atoms with E-state index >= 15 is 0 Å². The van der Waals surface area contributed by atoms with Crippen LogP contribution in [-0.4, -0.2) is 30.6 Å². The van der Waals surface area contributed by atoms with Crippen LogP contribution in [0.15, 0.2) is 16.6 Å². The highest BCUT2D eigenvalue weighted by Crippen LogP contribution is 2.32. The second-order valence-corrected chi connectivity index (χ2v) is 5.93. The second-order valence-electron chi connectivity index (χ2n) is 5.14. The first kappa shape index (κ1) is 15.3. The van der Waals surface area contributed by atoms with Crippen LogP contribution in [0.2, 0.25) is 0 Å². The summed E-state index contributed by atoms with van der Waals surface area (Å²) >= 11 is 3.18. The summed E-state index contributed by atoms with van der Waals surface area (Å²) in [7, 11) is 0. The van der Waals surface area contributed by atoms with Crippen molar-refractivity contribution in [1.29, 1.82) is 5.41 Å². The van der Waals surface area contributed by atoms with Crippen molar-refractivity contribution in [2.45, 2.75) is 19.3 Å². The Bertz CT molecular complexity index is 507. The normalized spacial score (nSPS) is 19.1. The van der Waals surface area contributed by atoms with Crippen molar-refractivity contribution >= 4 is 27.5 Å². The molecule has 110 valence electrons. The summed E-state index contributed by atoms with van der Waals surface area (Å²) in [6.45, 7) is 1.74. The minimum atomic E-state index is -0.373. The SMILES string of the molecule is N=C(N)c1ccc(N2CCCC(CCO)C2)c(F)c1Br. The lowest BCUT2D eigenvalue weighted by Crippen LogP contribution is -2.36. The summed E-state index contributed by atoms with van der Waals surface area (Å²) in [6, 6.07) is 3.35. The summed E-state index contributed by atoms with van der Waals surface area (Å²) in [4.78, 5) is 2.01. The van der Waals surface area contributed by atoms with Crippen LogP contribution < -0.4 is 10.6 Å². The molecule has 1 heterocycles. The summed E-state index contributed by atoms with van der Waals surface area (Å²) in [5.41, 5.74) is 6.32. The number of hydrogen-bond donors (Lipinski definition) is 3. The molecule has 1 atom stereocenters. The van der Waals surface area contributed by atoms with Crippen molar-refractivity contribution in [1.82, 2.24) is 0 Å². The summed E-state index contributed by atoms with van der Waals surface area (Å²) in [5, 5.41) is 16.4. The highest BCUT2D eigenvalue weighted by atomic mass is 79.9. The molecule has 1 aromatic rings. The molecule has 1 aliphatic rings. The van der Waals surface area contributed by atoms with Crippen molar-refractivity contribution in [2.24, 2.45) is 11.7 Å². The minimum absolute atomic E-state index is 0.154. The van der Waals surface area contributed by atoms with Crippen molar-refractivity contribution in [2.75, 3.05) is 24.6 Å². The van der Waals surface area contributed by atoms with Gasteiger partial charge in [-0.2, -0.15) is 0 Å². The number of nitrogens with one attached hydrogen (secondary N) is 1. The third-order valence-electron chi connectivity index (χ3n) is 3.75. The molecule has 1 fully saturated rings. The van der Waals surface area contributed by atoms with E-state index in [-0.39, 0.29) is 22.7 Å². The Morgan fingerprint density at radius 2 is 2.30 bits per heavy atom. The van der Waals surface area contributed by atoms with Crippen molar-refractivity contribution in [3.8, 4) is 0 Å². The maximum Gasteiger partial charge on any atom is 0.161 e. The smallest absolute Gasteiger partial charge is 0.161 e. The Morgan fingerprint density at radius 1 is 1.55 bits per heavy atom. The molecule has 0 amide bonds. The zero-order valence-electron chi connectivity index (χ0n) is 11.2. The van der Waals surface area contributed by atoms with E-state index < -0.39 is 0 Å². The van der Waals surface area contributed by atoms with E-state index in [1.54, 1.807) is 12.1 Å². The van der Waals surface area contributed by atoms with Crippen LogP contribution in [0.4, 0.5) is 10.1 Å². The molecule has 0 saturated carbocycles.